The Labute approximate surface area is 112 Å². The normalized spacial score (nSPS) is 11.9. The lowest BCUT2D eigenvalue weighted by Gasteiger charge is -2.11. The zero-order chi connectivity index (χ0) is 13.4. The van der Waals surface area contributed by atoms with Gasteiger partial charge in [0.25, 0.3) is 0 Å². The van der Waals surface area contributed by atoms with E-state index >= 15 is 0 Å². The molecule has 0 fully saturated rings. The molecule has 0 aliphatic carbocycles. The molecule has 0 aliphatic heterocycles. The van der Waals surface area contributed by atoms with Gasteiger partial charge in [-0.1, -0.05) is 18.5 Å². The molecule has 1 aromatic heterocycles. The molecule has 2 amide bonds. The van der Waals surface area contributed by atoms with E-state index in [2.05, 4.69) is 15.6 Å². The number of aliphatic hydroxyl groups is 1. The zero-order valence-electron chi connectivity index (χ0n) is 10.3. The van der Waals surface area contributed by atoms with Crippen molar-refractivity contribution >= 4 is 17.6 Å². The van der Waals surface area contributed by atoms with E-state index in [0.29, 0.717) is 24.5 Å². The summed E-state index contributed by atoms with van der Waals surface area (Å²) in [5.74, 6) is 0.259. The van der Waals surface area contributed by atoms with Crippen LogP contribution in [-0.4, -0.2) is 29.3 Å². The fraction of sp³-hybridized carbons (Fsp3) is 0.500. The molecule has 1 atom stereocenters. The number of hydrogen-bond acceptors (Lipinski definition) is 3. The number of pyridine rings is 1. The molecule has 0 spiro atoms. The number of hydrogen-bond donors (Lipinski definition) is 3. The van der Waals surface area contributed by atoms with Crippen molar-refractivity contribution in [3.8, 4) is 0 Å². The molecule has 1 unspecified atom stereocenters. The first-order valence-corrected chi connectivity index (χ1v) is 6.22. The highest BCUT2D eigenvalue weighted by molar-refractivity contribution is 6.30. The maximum Gasteiger partial charge on any atom is 0.315 e. The average molecular weight is 272 g/mol. The van der Waals surface area contributed by atoms with Crippen molar-refractivity contribution in [3.63, 3.8) is 0 Å². The molecular weight excluding hydrogens is 254 g/mol. The Balaban J connectivity index is 2.22. The van der Waals surface area contributed by atoms with Gasteiger partial charge in [0.15, 0.2) is 0 Å². The zero-order valence-corrected chi connectivity index (χ0v) is 11.1. The number of nitrogens with zero attached hydrogens (tertiary/aromatic N) is 1. The second-order valence-electron chi connectivity index (χ2n) is 4.15. The number of rotatable bonds is 6. The van der Waals surface area contributed by atoms with Crippen LogP contribution >= 0.6 is 11.6 Å². The molecule has 5 nitrogen and oxygen atoms in total. The predicted octanol–water partition coefficient (Wildman–Crippen LogP) is 1.55. The van der Waals surface area contributed by atoms with Gasteiger partial charge in [-0.15, -0.1) is 0 Å². The van der Waals surface area contributed by atoms with E-state index < -0.39 is 0 Å². The van der Waals surface area contributed by atoms with E-state index in [1.807, 2.05) is 6.92 Å². The number of aliphatic hydroxyl groups excluding tert-OH is 1. The number of nitrogens with one attached hydrogen (secondary N) is 2. The monoisotopic (exact) mass is 271 g/mol. The summed E-state index contributed by atoms with van der Waals surface area (Å²) < 4.78 is 0. The van der Waals surface area contributed by atoms with Crippen molar-refractivity contribution < 1.29 is 9.90 Å². The van der Waals surface area contributed by atoms with E-state index in [1.165, 1.54) is 0 Å². The van der Waals surface area contributed by atoms with Crippen LogP contribution in [0.25, 0.3) is 0 Å². The summed E-state index contributed by atoms with van der Waals surface area (Å²) in [6.07, 6.45) is 2.22. The van der Waals surface area contributed by atoms with Gasteiger partial charge < -0.3 is 15.7 Å². The van der Waals surface area contributed by atoms with Gasteiger partial charge in [-0.05, 0) is 24.5 Å². The predicted molar refractivity (Wildman–Crippen MR) is 70.4 cm³/mol. The summed E-state index contributed by atoms with van der Waals surface area (Å²) in [6, 6.07) is 3.25. The molecule has 0 radical (unpaired) electrons. The fourth-order valence-electron chi connectivity index (χ4n) is 1.33. The largest absolute Gasteiger partial charge is 0.396 e. The lowest BCUT2D eigenvalue weighted by Crippen LogP contribution is -2.37. The van der Waals surface area contributed by atoms with Crippen LogP contribution in [0.5, 0.6) is 0 Å². The molecule has 3 N–H and O–H groups in total. The van der Waals surface area contributed by atoms with E-state index in [0.717, 1.165) is 5.69 Å². The smallest absolute Gasteiger partial charge is 0.315 e. The van der Waals surface area contributed by atoms with Crippen LogP contribution in [0.4, 0.5) is 4.79 Å². The van der Waals surface area contributed by atoms with Gasteiger partial charge in [0.1, 0.15) is 0 Å². The second kappa shape index (κ2) is 7.89. The van der Waals surface area contributed by atoms with Gasteiger partial charge in [0, 0.05) is 19.3 Å². The molecular formula is C12H18ClN3O2. The highest BCUT2D eigenvalue weighted by Gasteiger charge is 2.04. The van der Waals surface area contributed by atoms with Gasteiger partial charge in [-0.3, -0.25) is 4.98 Å². The first-order chi connectivity index (χ1) is 8.61. The Kier molecular flexibility index (Phi) is 6.46. The summed E-state index contributed by atoms with van der Waals surface area (Å²) in [7, 11) is 0. The molecule has 1 rings (SSSR count). The molecule has 1 heterocycles. The molecule has 0 aliphatic rings. The summed E-state index contributed by atoms with van der Waals surface area (Å²) in [5.41, 5.74) is 0.748. The molecule has 1 aromatic rings. The van der Waals surface area contributed by atoms with Crippen molar-refractivity contribution in [3.05, 3.63) is 29.0 Å². The van der Waals surface area contributed by atoms with Gasteiger partial charge >= 0.3 is 6.03 Å². The van der Waals surface area contributed by atoms with Crippen LogP contribution < -0.4 is 10.6 Å². The van der Waals surface area contributed by atoms with Crippen molar-refractivity contribution in [2.75, 3.05) is 13.2 Å². The van der Waals surface area contributed by atoms with Crippen molar-refractivity contribution in [2.45, 2.75) is 19.9 Å². The summed E-state index contributed by atoms with van der Waals surface area (Å²) in [4.78, 5) is 15.5. The first kappa shape index (κ1) is 14.7. The number of urea groups is 1. The molecule has 6 heteroatoms. The molecule has 0 saturated carbocycles. The average Bonchev–Trinajstić information content (AvgIpc) is 2.36. The van der Waals surface area contributed by atoms with Gasteiger partial charge in [0.05, 0.1) is 17.3 Å². The quantitative estimate of drug-likeness (QED) is 0.735. The first-order valence-electron chi connectivity index (χ1n) is 5.85. The Morgan fingerprint density at radius 2 is 2.28 bits per heavy atom. The number of aromatic nitrogens is 1. The second-order valence-corrected chi connectivity index (χ2v) is 4.59. The van der Waals surface area contributed by atoms with Crippen LogP contribution in [-0.2, 0) is 6.54 Å². The maximum atomic E-state index is 11.5. The van der Waals surface area contributed by atoms with Crippen LogP contribution in [0.2, 0.25) is 5.02 Å². The van der Waals surface area contributed by atoms with Gasteiger partial charge in [-0.25, -0.2) is 4.79 Å². The van der Waals surface area contributed by atoms with Gasteiger partial charge in [0.2, 0.25) is 0 Å². The van der Waals surface area contributed by atoms with Crippen LogP contribution in [0, 0.1) is 5.92 Å². The minimum Gasteiger partial charge on any atom is -0.396 e. The van der Waals surface area contributed by atoms with Crippen molar-refractivity contribution in [2.24, 2.45) is 5.92 Å². The van der Waals surface area contributed by atoms with Crippen molar-refractivity contribution in [1.82, 2.24) is 15.6 Å². The van der Waals surface area contributed by atoms with Crippen molar-refractivity contribution in [1.29, 1.82) is 0 Å². The maximum absolute atomic E-state index is 11.5. The van der Waals surface area contributed by atoms with Crippen LogP contribution in [0.15, 0.2) is 18.3 Å². The third-order valence-corrected chi connectivity index (χ3v) is 2.68. The molecule has 100 valence electrons. The Morgan fingerprint density at radius 1 is 1.50 bits per heavy atom. The van der Waals surface area contributed by atoms with E-state index in [9.17, 15) is 4.79 Å². The lowest BCUT2D eigenvalue weighted by molar-refractivity contribution is 0.233. The lowest BCUT2D eigenvalue weighted by atomic mass is 10.1. The summed E-state index contributed by atoms with van der Waals surface area (Å²) in [6.45, 7) is 3.01. The molecule has 0 saturated heterocycles. The minimum atomic E-state index is -0.239. The number of amides is 2. The van der Waals surface area contributed by atoms with Crippen LogP contribution in [0.3, 0.4) is 0 Å². The SMILES string of the molecule is CC(CCO)CNC(=O)NCc1ccc(Cl)cn1. The molecule has 18 heavy (non-hydrogen) atoms. The highest BCUT2D eigenvalue weighted by Crippen LogP contribution is 2.05. The van der Waals surface area contributed by atoms with E-state index in [4.69, 9.17) is 16.7 Å². The third kappa shape index (κ3) is 5.84. The standard InChI is InChI=1S/C12H18ClN3O2/c1-9(4-5-17)6-15-12(18)16-8-11-3-2-10(13)7-14-11/h2-3,7,9,17H,4-6,8H2,1H3,(H2,15,16,18). The molecule has 0 bridgehead atoms. The molecule has 0 aromatic carbocycles. The topological polar surface area (TPSA) is 74.2 Å². The highest BCUT2D eigenvalue weighted by atomic mass is 35.5. The Morgan fingerprint density at radius 3 is 2.89 bits per heavy atom. The van der Waals surface area contributed by atoms with Crippen LogP contribution in [0.1, 0.15) is 19.0 Å². The number of halogens is 1. The number of carbonyl (C=O) groups is 1. The van der Waals surface area contributed by atoms with Gasteiger partial charge in [-0.2, -0.15) is 0 Å². The number of carbonyl (C=O) groups excluding carboxylic acids is 1. The summed E-state index contributed by atoms with van der Waals surface area (Å²) >= 11 is 5.71. The fourth-order valence-corrected chi connectivity index (χ4v) is 1.45. The summed E-state index contributed by atoms with van der Waals surface area (Å²) in [5, 5.41) is 14.7. The van der Waals surface area contributed by atoms with E-state index in [-0.39, 0.29) is 18.6 Å². The minimum absolute atomic E-state index is 0.138. The Bertz CT molecular complexity index is 370. The Hall–Kier alpha value is -1.33. The van der Waals surface area contributed by atoms with E-state index in [1.54, 1.807) is 18.3 Å². The third-order valence-electron chi connectivity index (χ3n) is 2.45.